The second-order valence-corrected chi connectivity index (χ2v) is 8.00. The molecule has 2 aliphatic heterocycles. The number of nitrogens with zero attached hydrogens (tertiary/aromatic N) is 1. The number of allylic oxidation sites excluding steroid dienone is 1. The minimum Gasteiger partial charge on any atom is -0.399 e. The fourth-order valence-electron chi connectivity index (χ4n) is 4.39. The molecule has 2 aromatic rings. The van der Waals surface area contributed by atoms with Gasteiger partial charge in [0.2, 0.25) is 0 Å². The van der Waals surface area contributed by atoms with Crippen LogP contribution in [0.15, 0.2) is 54.7 Å². The van der Waals surface area contributed by atoms with E-state index in [1.54, 1.807) is 0 Å². The third-order valence-corrected chi connectivity index (χ3v) is 6.22. The maximum Gasteiger partial charge on any atom is 0.0425 e. The highest BCUT2D eigenvalue weighted by Crippen LogP contribution is 2.50. The molecular weight excluding hydrogens is 342 g/mol. The number of anilines is 2. The zero-order valence-electron chi connectivity index (χ0n) is 15.1. The summed E-state index contributed by atoms with van der Waals surface area (Å²) >= 11 is 6.26. The van der Waals surface area contributed by atoms with Gasteiger partial charge < -0.3 is 16.0 Å². The molecule has 0 bridgehead atoms. The van der Waals surface area contributed by atoms with Crippen LogP contribution in [0, 0.1) is 0 Å². The smallest absolute Gasteiger partial charge is 0.0425 e. The van der Waals surface area contributed by atoms with E-state index in [2.05, 4.69) is 41.1 Å². The fourth-order valence-corrected chi connectivity index (χ4v) is 4.56. The van der Waals surface area contributed by atoms with Crippen LogP contribution in [0.3, 0.4) is 0 Å². The van der Waals surface area contributed by atoms with E-state index < -0.39 is 0 Å². The van der Waals surface area contributed by atoms with Crippen LogP contribution in [0.4, 0.5) is 11.4 Å². The number of nitrogens with one attached hydrogen (secondary N) is 1. The lowest BCUT2D eigenvalue weighted by molar-refractivity contribution is 0.179. The molecule has 0 aliphatic carbocycles. The summed E-state index contributed by atoms with van der Waals surface area (Å²) in [6, 6.07) is 14.4. The maximum atomic E-state index is 6.26. The van der Waals surface area contributed by atoms with E-state index in [4.69, 9.17) is 17.3 Å². The SMILES string of the molecule is C=C1Nc2ccc(Cl)cc2C12CCN(CCCc1ccc(N)cc1)CC2. The lowest BCUT2D eigenvalue weighted by Gasteiger charge is -2.40. The molecule has 1 saturated heterocycles. The van der Waals surface area contributed by atoms with Gasteiger partial charge in [0.25, 0.3) is 0 Å². The van der Waals surface area contributed by atoms with Crippen LogP contribution in [-0.2, 0) is 11.8 Å². The van der Waals surface area contributed by atoms with Gasteiger partial charge in [-0.15, -0.1) is 0 Å². The predicted octanol–water partition coefficient (Wildman–Crippen LogP) is 4.83. The molecule has 0 saturated carbocycles. The Kier molecular flexibility index (Phi) is 4.68. The van der Waals surface area contributed by atoms with Crippen LogP contribution < -0.4 is 11.1 Å². The number of rotatable bonds is 4. The number of nitrogen functional groups attached to an aromatic ring is 1. The van der Waals surface area contributed by atoms with Crippen molar-refractivity contribution in [3.63, 3.8) is 0 Å². The summed E-state index contributed by atoms with van der Waals surface area (Å²) in [6.07, 6.45) is 4.50. The number of hydrogen-bond acceptors (Lipinski definition) is 3. The van der Waals surface area contributed by atoms with Crippen molar-refractivity contribution in [2.24, 2.45) is 0 Å². The van der Waals surface area contributed by atoms with Gasteiger partial charge in [-0.05, 0) is 86.8 Å². The van der Waals surface area contributed by atoms with Crippen LogP contribution in [0.5, 0.6) is 0 Å². The summed E-state index contributed by atoms with van der Waals surface area (Å²) in [4.78, 5) is 2.58. The van der Waals surface area contributed by atoms with Crippen molar-refractivity contribution in [1.29, 1.82) is 0 Å². The monoisotopic (exact) mass is 367 g/mol. The maximum absolute atomic E-state index is 6.26. The molecular formula is C22H26ClN3. The number of piperidine rings is 1. The van der Waals surface area contributed by atoms with Crippen LogP contribution in [0.2, 0.25) is 5.02 Å². The first kappa shape index (κ1) is 17.4. The van der Waals surface area contributed by atoms with Crippen LogP contribution >= 0.6 is 11.6 Å². The van der Waals surface area contributed by atoms with Gasteiger partial charge >= 0.3 is 0 Å². The molecule has 0 atom stereocenters. The normalized spacial score (nSPS) is 18.7. The van der Waals surface area contributed by atoms with E-state index in [0.717, 1.165) is 55.3 Å². The number of likely N-dealkylation sites (tertiary alicyclic amines) is 1. The van der Waals surface area contributed by atoms with Gasteiger partial charge in [0, 0.05) is 27.5 Å². The molecule has 3 nitrogen and oxygen atoms in total. The second-order valence-electron chi connectivity index (χ2n) is 7.56. The van der Waals surface area contributed by atoms with E-state index in [1.165, 1.54) is 23.2 Å². The zero-order chi connectivity index (χ0) is 18.1. The summed E-state index contributed by atoms with van der Waals surface area (Å²) in [5.74, 6) is 0. The molecule has 1 fully saturated rings. The molecule has 0 radical (unpaired) electrons. The quantitative estimate of drug-likeness (QED) is 0.760. The van der Waals surface area contributed by atoms with Gasteiger partial charge in [0.1, 0.15) is 0 Å². The van der Waals surface area contributed by atoms with E-state index in [1.807, 2.05) is 18.2 Å². The molecule has 3 N–H and O–H groups in total. The highest BCUT2D eigenvalue weighted by molar-refractivity contribution is 6.30. The molecule has 136 valence electrons. The largest absolute Gasteiger partial charge is 0.399 e. The summed E-state index contributed by atoms with van der Waals surface area (Å²) < 4.78 is 0. The van der Waals surface area contributed by atoms with Crippen LogP contribution in [-0.4, -0.2) is 24.5 Å². The fraction of sp³-hybridized carbons (Fsp3) is 0.364. The minimum atomic E-state index is 0.0493. The van der Waals surface area contributed by atoms with Crippen molar-refractivity contribution >= 4 is 23.0 Å². The Bertz CT molecular complexity index is 805. The Morgan fingerprint density at radius 3 is 2.58 bits per heavy atom. The number of benzene rings is 2. The molecule has 2 aromatic carbocycles. The predicted molar refractivity (Wildman–Crippen MR) is 111 cm³/mol. The Morgan fingerprint density at radius 2 is 1.85 bits per heavy atom. The van der Waals surface area contributed by atoms with Crippen molar-refractivity contribution in [3.8, 4) is 0 Å². The number of fused-ring (bicyclic) bond motifs is 2. The van der Waals surface area contributed by atoms with Crippen molar-refractivity contribution in [2.45, 2.75) is 31.1 Å². The Morgan fingerprint density at radius 1 is 1.12 bits per heavy atom. The number of halogens is 1. The van der Waals surface area contributed by atoms with E-state index >= 15 is 0 Å². The summed E-state index contributed by atoms with van der Waals surface area (Å²) in [6.45, 7) is 7.68. The topological polar surface area (TPSA) is 41.3 Å². The van der Waals surface area contributed by atoms with E-state index in [9.17, 15) is 0 Å². The van der Waals surface area contributed by atoms with Gasteiger partial charge in [0.05, 0.1) is 0 Å². The molecule has 0 amide bonds. The van der Waals surface area contributed by atoms with Crippen molar-refractivity contribution in [1.82, 2.24) is 4.90 Å². The Labute approximate surface area is 160 Å². The summed E-state index contributed by atoms with van der Waals surface area (Å²) in [7, 11) is 0. The molecule has 0 aromatic heterocycles. The summed E-state index contributed by atoms with van der Waals surface area (Å²) in [5, 5.41) is 4.30. The average Bonchev–Trinajstić information content (AvgIpc) is 2.90. The highest BCUT2D eigenvalue weighted by atomic mass is 35.5. The molecule has 0 unspecified atom stereocenters. The molecule has 4 rings (SSSR count). The van der Waals surface area contributed by atoms with Gasteiger partial charge in [0.15, 0.2) is 0 Å². The first-order chi connectivity index (χ1) is 12.6. The third kappa shape index (κ3) is 3.22. The Hall–Kier alpha value is -1.97. The highest BCUT2D eigenvalue weighted by Gasteiger charge is 2.44. The molecule has 26 heavy (non-hydrogen) atoms. The second kappa shape index (κ2) is 6.98. The number of hydrogen-bond donors (Lipinski definition) is 2. The van der Waals surface area contributed by atoms with E-state index in [0.29, 0.717) is 0 Å². The molecule has 2 aliphatic rings. The van der Waals surface area contributed by atoms with Gasteiger partial charge in [-0.1, -0.05) is 30.3 Å². The van der Waals surface area contributed by atoms with Crippen molar-refractivity contribution in [3.05, 3.63) is 70.9 Å². The van der Waals surface area contributed by atoms with Crippen molar-refractivity contribution in [2.75, 3.05) is 30.7 Å². The number of aryl methyl sites for hydroxylation is 1. The first-order valence-corrected chi connectivity index (χ1v) is 9.78. The van der Waals surface area contributed by atoms with Gasteiger partial charge in [-0.2, -0.15) is 0 Å². The van der Waals surface area contributed by atoms with Crippen molar-refractivity contribution < 1.29 is 0 Å². The van der Waals surface area contributed by atoms with Gasteiger partial charge in [-0.3, -0.25) is 0 Å². The first-order valence-electron chi connectivity index (χ1n) is 9.40. The van der Waals surface area contributed by atoms with Gasteiger partial charge in [-0.25, -0.2) is 0 Å². The Balaban J connectivity index is 1.35. The van der Waals surface area contributed by atoms with Crippen LogP contribution in [0.25, 0.3) is 0 Å². The van der Waals surface area contributed by atoms with Crippen LogP contribution in [0.1, 0.15) is 30.4 Å². The molecule has 4 heteroatoms. The zero-order valence-corrected chi connectivity index (χ0v) is 15.9. The lowest BCUT2D eigenvalue weighted by Crippen LogP contribution is -2.43. The summed E-state index contributed by atoms with van der Waals surface area (Å²) in [5.41, 5.74) is 11.6. The average molecular weight is 368 g/mol. The van der Waals surface area contributed by atoms with E-state index in [-0.39, 0.29) is 5.41 Å². The third-order valence-electron chi connectivity index (χ3n) is 5.99. The number of nitrogens with two attached hydrogens (primary N) is 1. The lowest BCUT2D eigenvalue weighted by atomic mass is 9.72. The molecule has 2 heterocycles. The molecule has 1 spiro atoms. The standard InChI is InChI=1S/C22H26ClN3/c1-16-22(20-15-18(23)6-9-21(20)25-16)10-13-26(14-11-22)12-2-3-17-4-7-19(24)8-5-17/h4-9,15,25H,1-3,10-14,24H2. The minimum absolute atomic E-state index is 0.0493.